The number of hydrogen-bond acceptors (Lipinski definition) is 4. The van der Waals surface area contributed by atoms with Gasteiger partial charge in [0.1, 0.15) is 6.04 Å². The fourth-order valence-corrected chi connectivity index (χ4v) is 1.43. The van der Waals surface area contributed by atoms with Crippen LogP contribution in [0.3, 0.4) is 0 Å². The van der Waals surface area contributed by atoms with Crippen LogP contribution in [0.15, 0.2) is 30.3 Å². The normalized spacial score (nSPS) is 11.4. The van der Waals surface area contributed by atoms with Crippen molar-refractivity contribution in [2.24, 2.45) is 0 Å². The molecule has 0 radical (unpaired) electrons. The van der Waals surface area contributed by atoms with E-state index in [1.165, 1.54) is 0 Å². The summed E-state index contributed by atoms with van der Waals surface area (Å²) in [6, 6.07) is 7.18. The molecule has 0 unspecified atom stereocenters. The van der Waals surface area contributed by atoms with Gasteiger partial charge in [0.15, 0.2) is 0 Å². The van der Waals surface area contributed by atoms with Gasteiger partial charge in [-0.3, -0.25) is 9.59 Å². The number of carbonyl (C=O) groups excluding carboxylic acids is 2. The molecule has 0 saturated carbocycles. The Morgan fingerprint density at radius 2 is 1.80 bits per heavy atom. The number of aliphatic carboxylic acids is 1. The summed E-state index contributed by atoms with van der Waals surface area (Å²) >= 11 is 0. The molecule has 1 rings (SSSR count). The van der Waals surface area contributed by atoms with E-state index < -0.39 is 24.5 Å². The molecule has 0 heterocycles. The van der Waals surface area contributed by atoms with E-state index in [1.807, 2.05) is 0 Å². The maximum absolute atomic E-state index is 11.6. The highest BCUT2D eigenvalue weighted by atomic mass is 16.4. The minimum absolute atomic E-state index is 0.0671. The highest BCUT2D eigenvalue weighted by Crippen LogP contribution is 1.97. The van der Waals surface area contributed by atoms with E-state index in [2.05, 4.69) is 10.6 Å². The van der Waals surface area contributed by atoms with Crippen molar-refractivity contribution in [2.45, 2.75) is 12.5 Å². The van der Waals surface area contributed by atoms with Crippen LogP contribution in [0.5, 0.6) is 0 Å². The molecule has 0 aliphatic rings. The van der Waals surface area contributed by atoms with E-state index in [9.17, 15) is 14.4 Å². The first kappa shape index (κ1) is 15.6. The lowest BCUT2D eigenvalue weighted by Crippen LogP contribution is -2.44. The molecule has 0 aliphatic heterocycles. The standard InChI is InChI=1S/C13H16N2O5/c16-8-10(13(19)20)15-11(17)6-7-14-12(18)9-4-2-1-3-5-9/h1-5,10,16H,6-8H2,(H,14,18)(H,15,17)(H,19,20)/t10-/m1/s1. The fourth-order valence-electron chi connectivity index (χ4n) is 1.43. The molecule has 0 aliphatic carbocycles. The van der Waals surface area contributed by atoms with Gasteiger partial charge in [0.2, 0.25) is 5.91 Å². The van der Waals surface area contributed by atoms with Gasteiger partial charge in [-0.1, -0.05) is 18.2 Å². The molecule has 108 valence electrons. The molecule has 2 amide bonds. The summed E-state index contributed by atoms with van der Waals surface area (Å²) in [6.45, 7) is -0.602. The third-order valence-electron chi connectivity index (χ3n) is 2.49. The highest BCUT2D eigenvalue weighted by Gasteiger charge is 2.18. The molecule has 0 spiro atoms. The predicted molar refractivity (Wildman–Crippen MR) is 70.0 cm³/mol. The zero-order valence-corrected chi connectivity index (χ0v) is 10.7. The van der Waals surface area contributed by atoms with Crippen LogP contribution in [0.1, 0.15) is 16.8 Å². The van der Waals surface area contributed by atoms with Crippen molar-refractivity contribution >= 4 is 17.8 Å². The van der Waals surface area contributed by atoms with Gasteiger partial charge < -0.3 is 20.8 Å². The summed E-state index contributed by atoms with van der Waals surface area (Å²) in [5.74, 6) is -2.18. The Balaban J connectivity index is 2.32. The van der Waals surface area contributed by atoms with E-state index in [4.69, 9.17) is 10.2 Å². The molecule has 0 bridgehead atoms. The van der Waals surface area contributed by atoms with Crippen LogP contribution in [0.25, 0.3) is 0 Å². The molecule has 4 N–H and O–H groups in total. The molecule has 20 heavy (non-hydrogen) atoms. The first-order chi connectivity index (χ1) is 9.54. The number of carboxylic acid groups (broad SMARTS) is 1. The average molecular weight is 280 g/mol. The Bertz CT molecular complexity index is 475. The van der Waals surface area contributed by atoms with Crippen LogP contribution < -0.4 is 10.6 Å². The number of nitrogens with one attached hydrogen (secondary N) is 2. The molecular weight excluding hydrogens is 264 g/mol. The maximum atomic E-state index is 11.6. The highest BCUT2D eigenvalue weighted by molar-refractivity contribution is 5.94. The Morgan fingerprint density at radius 1 is 1.15 bits per heavy atom. The number of aliphatic hydroxyl groups is 1. The van der Waals surface area contributed by atoms with Crippen molar-refractivity contribution in [1.82, 2.24) is 10.6 Å². The lowest BCUT2D eigenvalue weighted by atomic mass is 10.2. The van der Waals surface area contributed by atoms with Crippen LogP contribution in [-0.4, -0.2) is 47.2 Å². The predicted octanol–water partition coefficient (Wildman–Crippen LogP) is -0.632. The molecule has 0 saturated heterocycles. The Labute approximate surface area is 115 Å². The van der Waals surface area contributed by atoms with Gasteiger partial charge >= 0.3 is 5.97 Å². The van der Waals surface area contributed by atoms with E-state index in [-0.39, 0.29) is 18.9 Å². The third kappa shape index (κ3) is 5.07. The number of carboxylic acids is 1. The smallest absolute Gasteiger partial charge is 0.328 e. The second kappa shape index (κ2) is 7.90. The minimum Gasteiger partial charge on any atom is -0.480 e. The first-order valence-corrected chi connectivity index (χ1v) is 6.01. The molecule has 7 nitrogen and oxygen atoms in total. The Hall–Kier alpha value is -2.41. The number of hydrogen-bond donors (Lipinski definition) is 4. The topological polar surface area (TPSA) is 116 Å². The van der Waals surface area contributed by atoms with Gasteiger partial charge in [-0.2, -0.15) is 0 Å². The van der Waals surface area contributed by atoms with Gasteiger partial charge in [0.05, 0.1) is 6.61 Å². The summed E-state index contributed by atoms with van der Waals surface area (Å²) < 4.78 is 0. The van der Waals surface area contributed by atoms with Gasteiger partial charge in [0.25, 0.3) is 5.91 Å². The summed E-state index contributed by atoms with van der Waals surface area (Å²) in [7, 11) is 0. The van der Waals surface area contributed by atoms with Crippen molar-refractivity contribution in [2.75, 3.05) is 13.2 Å². The first-order valence-electron chi connectivity index (χ1n) is 6.01. The molecule has 0 fully saturated rings. The van der Waals surface area contributed by atoms with Crippen molar-refractivity contribution in [3.63, 3.8) is 0 Å². The Morgan fingerprint density at radius 3 is 2.35 bits per heavy atom. The van der Waals surface area contributed by atoms with E-state index in [0.717, 1.165) is 0 Å². The summed E-state index contributed by atoms with van der Waals surface area (Å²) in [6.07, 6.45) is -0.0671. The fraction of sp³-hybridized carbons (Fsp3) is 0.308. The van der Waals surface area contributed by atoms with E-state index >= 15 is 0 Å². The lowest BCUT2D eigenvalue weighted by molar-refractivity contribution is -0.142. The number of benzene rings is 1. The van der Waals surface area contributed by atoms with Gasteiger partial charge in [-0.15, -0.1) is 0 Å². The zero-order valence-electron chi connectivity index (χ0n) is 10.7. The van der Waals surface area contributed by atoms with E-state index in [0.29, 0.717) is 5.56 Å². The van der Waals surface area contributed by atoms with E-state index in [1.54, 1.807) is 30.3 Å². The molecule has 0 aromatic heterocycles. The van der Waals surface area contributed by atoms with Crippen LogP contribution in [0.4, 0.5) is 0 Å². The van der Waals surface area contributed by atoms with Gasteiger partial charge in [0, 0.05) is 18.5 Å². The van der Waals surface area contributed by atoms with Crippen LogP contribution >= 0.6 is 0 Å². The SMILES string of the molecule is O=C(CCNC(=O)c1ccccc1)N[C@H](CO)C(=O)O. The summed E-state index contributed by atoms with van der Waals surface area (Å²) in [5, 5.41) is 22.1. The molecular formula is C13H16N2O5. The molecule has 1 aromatic rings. The number of amides is 2. The second-order valence-corrected chi connectivity index (χ2v) is 4.01. The summed E-state index contributed by atoms with van der Waals surface area (Å²) in [5.41, 5.74) is 0.478. The lowest BCUT2D eigenvalue weighted by Gasteiger charge is -2.11. The Kier molecular flexibility index (Phi) is 6.18. The van der Waals surface area contributed by atoms with Crippen LogP contribution in [0.2, 0.25) is 0 Å². The van der Waals surface area contributed by atoms with Gasteiger partial charge in [-0.05, 0) is 12.1 Å². The largest absolute Gasteiger partial charge is 0.480 e. The van der Waals surface area contributed by atoms with Crippen LogP contribution in [0, 0.1) is 0 Å². The summed E-state index contributed by atoms with van der Waals surface area (Å²) in [4.78, 5) is 33.6. The van der Waals surface area contributed by atoms with Gasteiger partial charge in [-0.25, -0.2) is 4.79 Å². The molecule has 1 atom stereocenters. The number of aliphatic hydroxyl groups excluding tert-OH is 1. The molecule has 1 aromatic carbocycles. The van der Waals surface area contributed by atoms with Crippen molar-refractivity contribution in [3.05, 3.63) is 35.9 Å². The minimum atomic E-state index is -1.33. The number of rotatable bonds is 7. The average Bonchev–Trinajstić information content (AvgIpc) is 2.45. The zero-order chi connectivity index (χ0) is 15.0. The number of carbonyl (C=O) groups is 3. The van der Waals surface area contributed by atoms with Crippen molar-refractivity contribution < 1.29 is 24.6 Å². The maximum Gasteiger partial charge on any atom is 0.328 e. The monoisotopic (exact) mass is 280 g/mol. The quantitative estimate of drug-likeness (QED) is 0.530. The van der Waals surface area contributed by atoms with Crippen LogP contribution in [-0.2, 0) is 9.59 Å². The third-order valence-corrected chi connectivity index (χ3v) is 2.49. The molecule has 7 heteroatoms. The van der Waals surface area contributed by atoms with Crippen molar-refractivity contribution in [3.8, 4) is 0 Å². The second-order valence-electron chi connectivity index (χ2n) is 4.01. The van der Waals surface area contributed by atoms with Crippen molar-refractivity contribution in [1.29, 1.82) is 0 Å².